The Hall–Kier alpha value is -2.90. The van der Waals surface area contributed by atoms with Gasteiger partial charge >= 0.3 is 11.8 Å². The maximum absolute atomic E-state index is 11.4. The van der Waals surface area contributed by atoms with Crippen LogP contribution in [0.4, 0.5) is 10.5 Å². The van der Waals surface area contributed by atoms with Crippen molar-refractivity contribution in [3.8, 4) is 0 Å². The van der Waals surface area contributed by atoms with Crippen molar-refractivity contribution in [3.05, 3.63) is 58.4 Å². The van der Waals surface area contributed by atoms with Gasteiger partial charge in [-0.2, -0.15) is 5.10 Å². The van der Waals surface area contributed by atoms with E-state index in [-0.39, 0.29) is 18.8 Å². The van der Waals surface area contributed by atoms with E-state index in [0.29, 0.717) is 6.54 Å². The third-order valence-corrected chi connectivity index (χ3v) is 2.65. The first-order valence-corrected chi connectivity index (χ1v) is 6.26. The number of hydrogen-bond donors (Lipinski definition) is 1. The van der Waals surface area contributed by atoms with E-state index >= 15 is 0 Å². The van der Waals surface area contributed by atoms with Crippen LogP contribution in [0.1, 0.15) is 5.56 Å². The van der Waals surface area contributed by atoms with Crippen LogP contribution in [0.25, 0.3) is 0 Å². The average molecular weight is 290 g/mol. The summed E-state index contributed by atoms with van der Waals surface area (Å²) in [6.07, 6.45) is 1.92. The summed E-state index contributed by atoms with van der Waals surface area (Å²) in [7, 11) is 0. The molecule has 0 atom stereocenters. The van der Waals surface area contributed by atoms with Gasteiger partial charge in [-0.25, -0.2) is 4.79 Å². The number of carbonyl (C=O) groups is 1. The molecule has 0 bridgehead atoms. The van der Waals surface area contributed by atoms with Gasteiger partial charge in [0.15, 0.2) is 0 Å². The van der Waals surface area contributed by atoms with Gasteiger partial charge in [0.1, 0.15) is 19.0 Å². The number of hydrogen-bond acceptors (Lipinski definition) is 5. The SMILES string of the molecule is O=C(NCCn1cc([N+](=O)[O-])cn1)OCc1ccccc1. The number of amides is 1. The molecule has 21 heavy (non-hydrogen) atoms. The molecular weight excluding hydrogens is 276 g/mol. The third kappa shape index (κ3) is 4.60. The molecule has 8 heteroatoms. The Morgan fingerprint density at radius 3 is 2.81 bits per heavy atom. The van der Waals surface area contributed by atoms with Gasteiger partial charge in [-0.1, -0.05) is 30.3 Å². The predicted molar refractivity (Wildman–Crippen MR) is 73.5 cm³/mol. The zero-order valence-electron chi connectivity index (χ0n) is 11.1. The molecule has 110 valence electrons. The molecule has 1 N–H and O–H groups in total. The lowest BCUT2D eigenvalue weighted by atomic mass is 10.2. The van der Waals surface area contributed by atoms with Crippen LogP contribution in [0.3, 0.4) is 0 Å². The van der Waals surface area contributed by atoms with Gasteiger partial charge in [0.2, 0.25) is 0 Å². The van der Waals surface area contributed by atoms with Gasteiger partial charge in [-0.15, -0.1) is 0 Å². The first kappa shape index (κ1) is 14.5. The standard InChI is InChI=1S/C13H14N4O4/c18-13(21-10-11-4-2-1-3-5-11)14-6-7-16-9-12(8-15-16)17(19)20/h1-5,8-9H,6-7,10H2,(H,14,18). The van der Waals surface area contributed by atoms with Crippen LogP contribution in [0, 0.1) is 10.1 Å². The fourth-order valence-electron chi connectivity index (χ4n) is 1.62. The molecule has 0 aliphatic rings. The van der Waals surface area contributed by atoms with E-state index in [2.05, 4.69) is 10.4 Å². The van der Waals surface area contributed by atoms with Crippen molar-refractivity contribution >= 4 is 11.8 Å². The Labute approximate surface area is 120 Å². The summed E-state index contributed by atoms with van der Waals surface area (Å²) >= 11 is 0. The van der Waals surface area contributed by atoms with E-state index in [4.69, 9.17) is 4.74 Å². The summed E-state index contributed by atoms with van der Waals surface area (Å²) in [5.41, 5.74) is 0.817. The minimum Gasteiger partial charge on any atom is -0.445 e. The van der Waals surface area contributed by atoms with Crippen molar-refractivity contribution in [2.75, 3.05) is 6.54 Å². The Bertz CT molecular complexity index is 612. The smallest absolute Gasteiger partial charge is 0.407 e. The summed E-state index contributed by atoms with van der Waals surface area (Å²) in [6, 6.07) is 9.32. The zero-order chi connectivity index (χ0) is 15.1. The molecule has 1 aromatic heterocycles. The van der Waals surface area contributed by atoms with E-state index < -0.39 is 11.0 Å². The maximum Gasteiger partial charge on any atom is 0.407 e. The average Bonchev–Trinajstić information content (AvgIpc) is 2.95. The lowest BCUT2D eigenvalue weighted by Crippen LogP contribution is -2.27. The lowest BCUT2D eigenvalue weighted by molar-refractivity contribution is -0.385. The number of carbonyl (C=O) groups excluding carboxylic acids is 1. The number of nitrogens with zero attached hydrogens (tertiary/aromatic N) is 3. The predicted octanol–water partition coefficient (Wildman–Crippen LogP) is 1.72. The van der Waals surface area contributed by atoms with Gasteiger partial charge in [0.05, 0.1) is 11.5 Å². The van der Waals surface area contributed by atoms with Crippen LogP contribution in [-0.2, 0) is 17.9 Å². The van der Waals surface area contributed by atoms with Crippen LogP contribution in [0.15, 0.2) is 42.7 Å². The number of rotatable bonds is 6. The first-order valence-electron chi connectivity index (χ1n) is 6.26. The Balaban J connectivity index is 1.68. The molecule has 0 radical (unpaired) electrons. The van der Waals surface area contributed by atoms with Crippen molar-refractivity contribution in [3.63, 3.8) is 0 Å². The van der Waals surface area contributed by atoms with Gasteiger partial charge in [0.25, 0.3) is 0 Å². The molecule has 0 saturated heterocycles. The van der Waals surface area contributed by atoms with Crippen LogP contribution in [0.5, 0.6) is 0 Å². The summed E-state index contributed by atoms with van der Waals surface area (Å²) in [5.74, 6) is 0. The molecule has 8 nitrogen and oxygen atoms in total. The molecular formula is C13H14N4O4. The molecule has 1 aromatic carbocycles. The molecule has 0 fully saturated rings. The van der Waals surface area contributed by atoms with Gasteiger partial charge in [-0.05, 0) is 5.56 Å². The Morgan fingerprint density at radius 2 is 2.14 bits per heavy atom. The first-order chi connectivity index (χ1) is 10.1. The molecule has 0 spiro atoms. The second-order valence-electron chi connectivity index (χ2n) is 4.21. The molecule has 0 saturated carbocycles. The molecule has 1 heterocycles. The number of aromatic nitrogens is 2. The van der Waals surface area contributed by atoms with Gasteiger partial charge in [0, 0.05) is 6.54 Å². The van der Waals surface area contributed by atoms with E-state index in [1.807, 2.05) is 30.3 Å². The highest BCUT2D eigenvalue weighted by atomic mass is 16.6. The number of nitrogens with one attached hydrogen (secondary N) is 1. The fourth-order valence-corrected chi connectivity index (χ4v) is 1.62. The molecule has 0 aliphatic heterocycles. The highest BCUT2D eigenvalue weighted by Crippen LogP contribution is 2.07. The highest BCUT2D eigenvalue weighted by Gasteiger charge is 2.08. The number of benzene rings is 1. The number of nitro groups is 1. The van der Waals surface area contributed by atoms with Crippen LogP contribution < -0.4 is 5.32 Å². The highest BCUT2D eigenvalue weighted by molar-refractivity contribution is 5.67. The molecule has 2 rings (SSSR count). The largest absolute Gasteiger partial charge is 0.445 e. The summed E-state index contributed by atoms with van der Waals surface area (Å²) in [5, 5.41) is 16.8. The van der Waals surface area contributed by atoms with Crippen molar-refractivity contribution in [2.45, 2.75) is 13.2 Å². The van der Waals surface area contributed by atoms with E-state index in [0.717, 1.165) is 11.8 Å². The fraction of sp³-hybridized carbons (Fsp3) is 0.231. The van der Waals surface area contributed by atoms with Crippen molar-refractivity contribution in [2.24, 2.45) is 0 Å². The van der Waals surface area contributed by atoms with Crippen molar-refractivity contribution in [1.82, 2.24) is 15.1 Å². The number of ether oxygens (including phenoxy) is 1. The van der Waals surface area contributed by atoms with Crippen molar-refractivity contribution in [1.29, 1.82) is 0 Å². The molecule has 1 amide bonds. The molecule has 0 aliphatic carbocycles. The molecule has 0 unspecified atom stereocenters. The lowest BCUT2D eigenvalue weighted by Gasteiger charge is -2.06. The topological polar surface area (TPSA) is 99.3 Å². The van der Waals surface area contributed by atoms with Crippen LogP contribution in [0.2, 0.25) is 0 Å². The van der Waals surface area contributed by atoms with Crippen LogP contribution >= 0.6 is 0 Å². The Kier molecular flexibility index (Phi) is 4.86. The van der Waals surface area contributed by atoms with Gasteiger partial charge < -0.3 is 10.1 Å². The summed E-state index contributed by atoms with van der Waals surface area (Å²) in [4.78, 5) is 21.4. The second-order valence-corrected chi connectivity index (χ2v) is 4.21. The summed E-state index contributed by atoms with van der Waals surface area (Å²) < 4.78 is 6.41. The second kappa shape index (κ2) is 7.04. The molecule has 2 aromatic rings. The maximum atomic E-state index is 11.4. The van der Waals surface area contributed by atoms with E-state index in [9.17, 15) is 14.9 Å². The van der Waals surface area contributed by atoms with Crippen molar-refractivity contribution < 1.29 is 14.5 Å². The monoisotopic (exact) mass is 290 g/mol. The third-order valence-electron chi connectivity index (χ3n) is 2.65. The van der Waals surface area contributed by atoms with E-state index in [1.165, 1.54) is 10.9 Å². The van der Waals surface area contributed by atoms with Gasteiger partial charge in [-0.3, -0.25) is 14.8 Å². The van der Waals surface area contributed by atoms with Crippen LogP contribution in [-0.4, -0.2) is 27.3 Å². The quantitative estimate of drug-likeness (QED) is 0.645. The minimum absolute atomic E-state index is 0.0818. The number of alkyl carbamates (subject to hydrolysis) is 1. The zero-order valence-corrected chi connectivity index (χ0v) is 11.1. The normalized spacial score (nSPS) is 10.1. The minimum atomic E-state index is -0.541. The van der Waals surface area contributed by atoms with E-state index in [1.54, 1.807) is 0 Å². The summed E-state index contributed by atoms with van der Waals surface area (Å²) in [6.45, 7) is 0.792. The Morgan fingerprint density at radius 1 is 1.38 bits per heavy atom.